The molecule has 0 unspecified atom stereocenters. The van der Waals surface area contributed by atoms with E-state index in [1.54, 1.807) is 36.4 Å². The summed E-state index contributed by atoms with van der Waals surface area (Å²) in [6.07, 6.45) is -0.399. The number of fused-ring (bicyclic) bond motifs is 1. The maximum Gasteiger partial charge on any atom is 0.303 e. The average molecular weight is 569 g/mol. The van der Waals surface area contributed by atoms with Gasteiger partial charge in [0.25, 0.3) is 5.56 Å². The number of hydrogen-bond donors (Lipinski definition) is 2. The number of carboxylic acids is 1. The van der Waals surface area contributed by atoms with Crippen LogP contribution in [0.15, 0.2) is 76.6 Å². The minimum Gasteiger partial charge on any atom is -0.481 e. The molecule has 1 aliphatic heterocycles. The molecule has 38 heavy (non-hydrogen) atoms. The molecule has 3 aromatic carbocycles. The fourth-order valence-electron chi connectivity index (χ4n) is 4.64. The van der Waals surface area contributed by atoms with Crippen LogP contribution in [0.3, 0.4) is 0 Å². The third-order valence-electron chi connectivity index (χ3n) is 6.37. The Bertz CT molecular complexity index is 1670. The largest absolute Gasteiger partial charge is 0.481 e. The Morgan fingerprint density at radius 3 is 2.42 bits per heavy atom. The summed E-state index contributed by atoms with van der Waals surface area (Å²) in [6, 6.07) is 19.0. The van der Waals surface area contributed by atoms with E-state index < -0.39 is 17.9 Å². The van der Waals surface area contributed by atoms with Crippen molar-refractivity contribution in [1.82, 2.24) is 9.99 Å². The zero-order valence-corrected chi connectivity index (χ0v) is 22.0. The number of hydrogen-bond acceptors (Lipinski definition) is 4. The van der Waals surface area contributed by atoms with Crippen molar-refractivity contribution in [3.05, 3.63) is 103 Å². The molecule has 10 heteroatoms. The molecule has 0 radical (unpaired) electrons. The molecule has 0 saturated carbocycles. The van der Waals surface area contributed by atoms with E-state index >= 15 is 0 Å². The summed E-state index contributed by atoms with van der Waals surface area (Å²) >= 11 is 18.7. The van der Waals surface area contributed by atoms with Crippen molar-refractivity contribution in [1.29, 1.82) is 0 Å². The standard InChI is InChI=1S/C28H20Cl3N3O4/c29-17-7-9-21-18(13-17)26(15-4-2-1-3-5-15)27(28(38)32-21)22-14-23(16-6-8-19(30)20(31)12-16)34(33-22)24(35)10-11-25(36)37/h1-9,12-13,23H,10-11,14H2,(H,32,38)(H,36,37)/t23-/m1/s1. The van der Waals surface area contributed by atoms with Gasteiger partial charge >= 0.3 is 5.97 Å². The van der Waals surface area contributed by atoms with Crippen molar-refractivity contribution in [2.45, 2.75) is 25.3 Å². The summed E-state index contributed by atoms with van der Waals surface area (Å²) in [5.41, 5.74) is 3.00. The molecule has 1 amide bonds. The number of carbonyl (C=O) groups excluding carboxylic acids is 1. The lowest BCUT2D eigenvalue weighted by molar-refractivity contribution is -0.141. The number of carboxylic acid groups (broad SMARTS) is 1. The van der Waals surface area contributed by atoms with E-state index in [4.69, 9.17) is 39.9 Å². The molecule has 2 heterocycles. The minimum atomic E-state index is -1.10. The first-order chi connectivity index (χ1) is 18.2. The summed E-state index contributed by atoms with van der Waals surface area (Å²) in [6.45, 7) is 0. The minimum absolute atomic E-state index is 0.200. The summed E-state index contributed by atoms with van der Waals surface area (Å²) in [5, 5.41) is 16.8. The van der Waals surface area contributed by atoms with E-state index in [1.807, 2.05) is 30.3 Å². The van der Waals surface area contributed by atoms with Crippen LogP contribution in [0.4, 0.5) is 0 Å². The van der Waals surface area contributed by atoms with Crippen LogP contribution in [0.2, 0.25) is 15.1 Å². The summed E-state index contributed by atoms with van der Waals surface area (Å²) in [7, 11) is 0. The Kier molecular flexibility index (Phi) is 7.25. The van der Waals surface area contributed by atoms with Gasteiger partial charge in [0, 0.05) is 34.3 Å². The number of rotatable bonds is 6. The van der Waals surface area contributed by atoms with Crippen LogP contribution in [0.25, 0.3) is 22.0 Å². The normalized spacial score (nSPS) is 15.1. The van der Waals surface area contributed by atoms with Gasteiger partial charge in [-0.05, 0) is 41.5 Å². The second-order valence-corrected chi connectivity index (χ2v) is 10.1. The Labute approximate surface area is 232 Å². The first kappa shape index (κ1) is 26.0. The van der Waals surface area contributed by atoms with Crippen molar-refractivity contribution in [2.75, 3.05) is 0 Å². The lowest BCUT2D eigenvalue weighted by Crippen LogP contribution is -2.27. The van der Waals surface area contributed by atoms with E-state index in [1.165, 1.54) is 5.01 Å². The van der Waals surface area contributed by atoms with Gasteiger partial charge < -0.3 is 10.1 Å². The zero-order chi connectivity index (χ0) is 27.0. The van der Waals surface area contributed by atoms with E-state index in [-0.39, 0.29) is 24.8 Å². The molecule has 1 aromatic heterocycles. The summed E-state index contributed by atoms with van der Waals surface area (Å²) in [4.78, 5) is 40.8. The van der Waals surface area contributed by atoms with Crippen LogP contribution in [-0.4, -0.2) is 32.7 Å². The predicted octanol–water partition coefficient (Wildman–Crippen LogP) is 6.70. The maximum absolute atomic E-state index is 13.5. The van der Waals surface area contributed by atoms with E-state index in [0.29, 0.717) is 43.0 Å². The fourth-order valence-corrected chi connectivity index (χ4v) is 5.12. The van der Waals surface area contributed by atoms with Crippen LogP contribution >= 0.6 is 34.8 Å². The number of nitrogens with one attached hydrogen (secondary N) is 1. The van der Waals surface area contributed by atoms with Crippen molar-refractivity contribution in [3.8, 4) is 11.1 Å². The highest BCUT2D eigenvalue weighted by Gasteiger charge is 2.35. The molecule has 0 fully saturated rings. The molecule has 0 aliphatic carbocycles. The van der Waals surface area contributed by atoms with Crippen LogP contribution in [0, 0.1) is 0 Å². The van der Waals surface area contributed by atoms with Gasteiger partial charge in [0.2, 0.25) is 5.91 Å². The van der Waals surface area contributed by atoms with E-state index in [9.17, 15) is 14.4 Å². The molecule has 1 aliphatic rings. The molecule has 0 saturated heterocycles. The third kappa shape index (κ3) is 5.05. The van der Waals surface area contributed by atoms with Gasteiger partial charge in [0.15, 0.2) is 0 Å². The van der Waals surface area contributed by atoms with Gasteiger partial charge in [-0.25, -0.2) is 5.01 Å². The number of aromatic amines is 1. The maximum atomic E-state index is 13.5. The highest BCUT2D eigenvalue weighted by Crippen LogP contribution is 2.39. The van der Waals surface area contributed by atoms with Gasteiger partial charge in [0.1, 0.15) is 0 Å². The fraction of sp³-hybridized carbons (Fsp3) is 0.143. The molecule has 0 spiro atoms. The highest BCUT2D eigenvalue weighted by molar-refractivity contribution is 6.42. The first-order valence-corrected chi connectivity index (χ1v) is 12.8. The summed E-state index contributed by atoms with van der Waals surface area (Å²) in [5.74, 6) is -1.58. The van der Waals surface area contributed by atoms with Gasteiger partial charge in [-0.2, -0.15) is 5.10 Å². The van der Waals surface area contributed by atoms with Crippen molar-refractivity contribution >= 4 is 63.3 Å². The number of hydrazone groups is 1. The van der Waals surface area contributed by atoms with Crippen molar-refractivity contribution in [3.63, 3.8) is 0 Å². The lowest BCUT2D eigenvalue weighted by atomic mass is 9.91. The molecule has 7 nitrogen and oxygen atoms in total. The number of amides is 1. The molecule has 192 valence electrons. The van der Waals surface area contributed by atoms with Crippen LogP contribution in [0.5, 0.6) is 0 Å². The molecule has 2 N–H and O–H groups in total. The quantitative estimate of drug-likeness (QED) is 0.270. The van der Waals surface area contributed by atoms with Crippen molar-refractivity contribution < 1.29 is 14.7 Å². The first-order valence-electron chi connectivity index (χ1n) is 11.7. The lowest BCUT2D eigenvalue weighted by Gasteiger charge is -2.22. The molecule has 0 bridgehead atoms. The molecule has 4 aromatic rings. The Morgan fingerprint density at radius 2 is 1.71 bits per heavy atom. The Balaban J connectivity index is 1.70. The smallest absolute Gasteiger partial charge is 0.303 e. The van der Waals surface area contributed by atoms with Crippen LogP contribution in [0.1, 0.15) is 36.4 Å². The number of aliphatic carboxylic acids is 1. The number of H-pyrrole nitrogens is 1. The number of aromatic nitrogens is 1. The van der Waals surface area contributed by atoms with Gasteiger partial charge in [0.05, 0.1) is 33.8 Å². The van der Waals surface area contributed by atoms with Crippen LogP contribution in [-0.2, 0) is 9.59 Å². The average Bonchev–Trinajstić information content (AvgIpc) is 3.34. The second kappa shape index (κ2) is 10.6. The molecule has 5 rings (SSSR count). The zero-order valence-electron chi connectivity index (χ0n) is 19.7. The van der Waals surface area contributed by atoms with Gasteiger partial charge in [-0.15, -0.1) is 0 Å². The topological polar surface area (TPSA) is 103 Å². The molecular formula is C28H20Cl3N3O4. The van der Waals surface area contributed by atoms with E-state index in [2.05, 4.69) is 10.1 Å². The number of halogens is 3. The summed E-state index contributed by atoms with van der Waals surface area (Å²) < 4.78 is 0. The van der Waals surface area contributed by atoms with Gasteiger partial charge in [-0.3, -0.25) is 14.4 Å². The van der Waals surface area contributed by atoms with E-state index in [0.717, 1.165) is 10.9 Å². The number of pyridine rings is 1. The number of benzene rings is 3. The van der Waals surface area contributed by atoms with Gasteiger partial charge in [-0.1, -0.05) is 71.2 Å². The molecule has 1 atom stereocenters. The molecular weight excluding hydrogens is 549 g/mol. The van der Waals surface area contributed by atoms with Crippen molar-refractivity contribution in [2.24, 2.45) is 5.10 Å². The predicted molar refractivity (Wildman–Crippen MR) is 149 cm³/mol. The SMILES string of the molecule is O=C(O)CCC(=O)N1N=C(c2c(-c3ccccc3)c3cc(Cl)ccc3[nH]c2=O)C[C@@H]1c1ccc(Cl)c(Cl)c1. The van der Waals surface area contributed by atoms with Crippen LogP contribution < -0.4 is 5.56 Å². The Hall–Kier alpha value is -3.65. The Morgan fingerprint density at radius 1 is 0.947 bits per heavy atom. The second-order valence-electron chi connectivity index (χ2n) is 8.83. The number of carbonyl (C=O) groups is 2. The highest BCUT2D eigenvalue weighted by atomic mass is 35.5. The third-order valence-corrected chi connectivity index (χ3v) is 7.35. The number of nitrogens with zero attached hydrogens (tertiary/aromatic N) is 2. The monoisotopic (exact) mass is 567 g/mol.